The summed E-state index contributed by atoms with van der Waals surface area (Å²) in [7, 11) is 1.97. The van der Waals surface area contributed by atoms with E-state index in [0.717, 1.165) is 19.5 Å². The molecule has 0 saturated carbocycles. The summed E-state index contributed by atoms with van der Waals surface area (Å²) >= 11 is 0. The molecular formula is C14H16N2. The third kappa shape index (κ3) is 1.95. The largest absolute Gasteiger partial charge is 0.346 e. The van der Waals surface area contributed by atoms with E-state index in [9.17, 15) is 0 Å². The number of nitrogens with one attached hydrogen (secondary N) is 1. The molecule has 82 valence electrons. The first-order valence-electron chi connectivity index (χ1n) is 5.51. The number of para-hydroxylation sites is 1. The van der Waals surface area contributed by atoms with E-state index in [1.54, 1.807) is 0 Å². The number of hydrogen-bond donors (Lipinski definition) is 1. The van der Waals surface area contributed by atoms with Crippen LogP contribution in [0.1, 0.15) is 12.0 Å². The van der Waals surface area contributed by atoms with Crippen molar-refractivity contribution in [2.24, 2.45) is 0 Å². The molecule has 1 N–H and O–H groups in total. The van der Waals surface area contributed by atoms with Crippen LogP contribution in [0.2, 0.25) is 0 Å². The third-order valence-corrected chi connectivity index (χ3v) is 2.74. The lowest BCUT2D eigenvalue weighted by atomic mass is 10.2. The second-order valence-corrected chi connectivity index (χ2v) is 3.85. The molecule has 0 unspecified atom stereocenters. The molecule has 0 radical (unpaired) electrons. The maximum absolute atomic E-state index is 5.31. The van der Waals surface area contributed by atoms with Crippen LogP contribution in [0.15, 0.2) is 30.5 Å². The average molecular weight is 212 g/mol. The third-order valence-electron chi connectivity index (χ3n) is 2.74. The standard InChI is InChI=1S/C14H16N2/c1-3-4-9-16-11-12(10-15-2)13-7-5-6-8-14(13)16/h1,5-8,11,15H,4,9-10H2,2H3. The molecule has 0 amide bonds. The van der Waals surface area contributed by atoms with Gasteiger partial charge in [0.25, 0.3) is 0 Å². The lowest BCUT2D eigenvalue weighted by Crippen LogP contribution is -2.04. The Balaban J connectivity index is 2.45. The van der Waals surface area contributed by atoms with Gasteiger partial charge in [-0.1, -0.05) is 18.2 Å². The van der Waals surface area contributed by atoms with Gasteiger partial charge in [-0.05, 0) is 18.7 Å². The van der Waals surface area contributed by atoms with Crippen LogP contribution in [0.5, 0.6) is 0 Å². The molecule has 0 atom stereocenters. The van der Waals surface area contributed by atoms with Gasteiger partial charge in [0.05, 0.1) is 0 Å². The summed E-state index contributed by atoms with van der Waals surface area (Å²) in [5.74, 6) is 2.69. The lowest BCUT2D eigenvalue weighted by Gasteiger charge is -2.00. The van der Waals surface area contributed by atoms with Crippen LogP contribution in [0, 0.1) is 12.3 Å². The zero-order chi connectivity index (χ0) is 11.4. The number of terminal acetylenes is 1. The Labute approximate surface area is 96.3 Å². The maximum atomic E-state index is 5.31. The van der Waals surface area contributed by atoms with E-state index in [4.69, 9.17) is 6.42 Å². The Morgan fingerprint density at radius 3 is 2.94 bits per heavy atom. The molecule has 0 saturated heterocycles. The molecule has 0 aliphatic rings. The summed E-state index contributed by atoms with van der Waals surface area (Å²) in [6, 6.07) is 8.45. The number of fused-ring (bicyclic) bond motifs is 1. The Kier molecular flexibility index (Phi) is 3.28. The summed E-state index contributed by atoms with van der Waals surface area (Å²) in [6.07, 6.45) is 8.28. The van der Waals surface area contributed by atoms with E-state index >= 15 is 0 Å². The number of benzene rings is 1. The van der Waals surface area contributed by atoms with E-state index < -0.39 is 0 Å². The zero-order valence-electron chi connectivity index (χ0n) is 9.53. The predicted octanol–water partition coefficient (Wildman–Crippen LogP) is 2.38. The first-order chi connectivity index (χ1) is 7.86. The van der Waals surface area contributed by atoms with Gasteiger partial charge in [-0.2, -0.15) is 0 Å². The molecule has 2 rings (SSSR count). The number of rotatable bonds is 4. The van der Waals surface area contributed by atoms with Crippen molar-refractivity contribution >= 4 is 10.9 Å². The van der Waals surface area contributed by atoms with Gasteiger partial charge in [0.1, 0.15) is 0 Å². The summed E-state index contributed by atoms with van der Waals surface area (Å²) < 4.78 is 2.24. The molecule has 2 aromatic rings. The molecule has 0 spiro atoms. The quantitative estimate of drug-likeness (QED) is 0.770. The van der Waals surface area contributed by atoms with Gasteiger partial charge in [-0.15, -0.1) is 12.3 Å². The zero-order valence-corrected chi connectivity index (χ0v) is 9.53. The van der Waals surface area contributed by atoms with Crippen LogP contribution in [0.3, 0.4) is 0 Å². The van der Waals surface area contributed by atoms with E-state index in [2.05, 4.69) is 46.3 Å². The number of nitrogens with zero attached hydrogens (tertiary/aromatic N) is 1. The van der Waals surface area contributed by atoms with Crippen LogP contribution in [0.4, 0.5) is 0 Å². The van der Waals surface area contributed by atoms with Gasteiger partial charge in [0.2, 0.25) is 0 Å². The van der Waals surface area contributed by atoms with Crippen molar-refractivity contribution in [1.82, 2.24) is 9.88 Å². The van der Waals surface area contributed by atoms with Gasteiger partial charge >= 0.3 is 0 Å². The smallest absolute Gasteiger partial charge is 0.0483 e. The molecule has 2 nitrogen and oxygen atoms in total. The Morgan fingerprint density at radius 2 is 2.19 bits per heavy atom. The monoisotopic (exact) mass is 212 g/mol. The first kappa shape index (κ1) is 10.8. The van der Waals surface area contributed by atoms with Crippen molar-refractivity contribution in [2.75, 3.05) is 7.05 Å². The van der Waals surface area contributed by atoms with Crippen LogP contribution in [-0.2, 0) is 13.1 Å². The van der Waals surface area contributed by atoms with E-state index in [1.165, 1.54) is 16.5 Å². The molecular weight excluding hydrogens is 196 g/mol. The van der Waals surface area contributed by atoms with Gasteiger partial charge < -0.3 is 9.88 Å². The number of aryl methyl sites for hydroxylation is 1. The van der Waals surface area contributed by atoms with E-state index in [-0.39, 0.29) is 0 Å². The second kappa shape index (κ2) is 4.87. The van der Waals surface area contributed by atoms with Gasteiger partial charge in [-0.25, -0.2) is 0 Å². The second-order valence-electron chi connectivity index (χ2n) is 3.85. The van der Waals surface area contributed by atoms with Crippen molar-refractivity contribution in [1.29, 1.82) is 0 Å². The van der Waals surface area contributed by atoms with Crippen molar-refractivity contribution in [3.63, 3.8) is 0 Å². The predicted molar refractivity (Wildman–Crippen MR) is 68.2 cm³/mol. The Morgan fingerprint density at radius 1 is 1.38 bits per heavy atom. The number of hydrogen-bond acceptors (Lipinski definition) is 1. The fraction of sp³-hybridized carbons (Fsp3) is 0.286. The lowest BCUT2D eigenvalue weighted by molar-refractivity contribution is 0.738. The molecule has 1 aromatic carbocycles. The highest BCUT2D eigenvalue weighted by Crippen LogP contribution is 2.21. The highest BCUT2D eigenvalue weighted by atomic mass is 15.0. The highest BCUT2D eigenvalue weighted by Gasteiger charge is 2.06. The van der Waals surface area contributed by atoms with Crippen molar-refractivity contribution in [3.05, 3.63) is 36.0 Å². The van der Waals surface area contributed by atoms with E-state index in [1.807, 2.05) is 7.05 Å². The molecule has 0 aliphatic carbocycles. The van der Waals surface area contributed by atoms with Crippen LogP contribution < -0.4 is 5.32 Å². The summed E-state index contributed by atoms with van der Waals surface area (Å²) in [5, 5.41) is 4.51. The van der Waals surface area contributed by atoms with Crippen molar-refractivity contribution < 1.29 is 0 Å². The van der Waals surface area contributed by atoms with Gasteiger partial charge in [0, 0.05) is 36.6 Å². The minimum Gasteiger partial charge on any atom is -0.346 e. The van der Waals surface area contributed by atoms with Gasteiger partial charge in [-0.3, -0.25) is 0 Å². The summed E-state index contributed by atoms with van der Waals surface area (Å²) in [6.45, 7) is 1.78. The minimum atomic E-state index is 0.775. The summed E-state index contributed by atoms with van der Waals surface area (Å²) in [4.78, 5) is 0. The number of aromatic nitrogens is 1. The van der Waals surface area contributed by atoms with Crippen molar-refractivity contribution in [2.45, 2.75) is 19.5 Å². The fourth-order valence-electron chi connectivity index (χ4n) is 2.02. The minimum absolute atomic E-state index is 0.775. The molecule has 0 aliphatic heterocycles. The Bertz CT molecular complexity index is 517. The average Bonchev–Trinajstić information content (AvgIpc) is 2.66. The first-order valence-corrected chi connectivity index (χ1v) is 5.51. The topological polar surface area (TPSA) is 17.0 Å². The molecule has 2 heteroatoms. The molecule has 0 fully saturated rings. The maximum Gasteiger partial charge on any atom is 0.0483 e. The normalized spacial score (nSPS) is 10.5. The SMILES string of the molecule is C#CCCn1cc(CNC)c2ccccc21. The van der Waals surface area contributed by atoms with Crippen LogP contribution in [-0.4, -0.2) is 11.6 Å². The molecule has 16 heavy (non-hydrogen) atoms. The summed E-state index contributed by atoms with van der Waals surface area (Å²) in [5.41, 5.74) is 2.60. The van der Waals surface area contributed by atoms with Gasteiger partial charge in [0.15, 0.2) is 0 Å². The van der Waals surface area contributed by atoms with E-state index in [0.29, 0.717) is 0 Å². The van der Waals surface area contributed by atoms with Crippen molar-refractivity contribution in [3.8, 4) is 12.3 Å². The molecule has 0 bridgehead atoms. The fourth-order valence-corrected chi connectivity index (χ4v) is 2.02. The van der Waals surface area contributed by atoms with Crippen LogP contribution in [0.25, 0.3) is 10.9 Å². The van der Waals surface area contributed by atoms with Crippen LogP contribution >= 0.6 is 0 Å². The highest BCUT2D eigenvalue weighted by molar-refractivity contribution is 5.83. The molecule has 1 aromatic heterocycles. The molecule has 1 heterocycles. The Hall–Kier alpha value is -1.72.